The fourth-order valence-electron chi connectivity index (χ4n) is 1.82. The molecule has 1 aromatic heterocycles. The van der Waals surface area contributed by atoms with E-state index in [0.717, 1.165) is 11.1 Å². The highest BCUT2D eigenvalue weighted by atomic mass is 79.9. The number of hydrogen-bond donors (Lipinski definition) is 0. The van der Waals surface area contributed by atoms with E-state index in [-0.39, 0.29) is 4.83 Å². The summed E-state index contributed by atoms with van der Waals surface area (Å²) in [4.78, 5) is 4.31. The lowest BCUT2D eigenvalue weighted by atomic mass is 10.1. The van der Waals surface area contributed by atoms with Crippen LogP contribution in [0, 0.1) is 0 Å². The van der Waals surface area contributed by atoms with E-state index >= 15 is 0 Å². The molecule has 0 unspecified atom stereocenters. The standard InChI is InChI=1S/C15H10BrClN2O/c16-13(10-4-2-1-3-5-10)15-18-14(19-20-15)11-6-8-12(17)9-7-11/h1-9,13H/t13-/m1/s1. The van der Waals surface area contributed by atoms with Crippen LogP contribution in [0.4, 0.5) is 0 Å². The first-order valence-electron chi connectivity index (χ1n) is 6.02. The molecule has 20 heavy (non-hydrogen) atoms. The van der Waals surface area contributed by atoms with Crippen molar-refractivity contribution in [2.45, 2.75) is 4.83 Å². The molecule has 0 radical (unpaired) electrons. The third-order valence-electron chi connectivity index (χ3n) is 2.85. The van der Waals surface area contributed by atoms with Gasteiger partial charge in [0.1, 0.15) is 4.83 Å². The molecule has 3 nitrogen and oxygen atoms in total. The molecule has 0 amide bonds. The molecule has 1 atom stereocenters. The number of halogens is 2. The Morgan fingerprint density at radius 1 is 1.00 bits per heavy atom. The molecule has 0 N–H and O–H groups in total. The molecule has 3 rings (SSSR count). The van der Waals surface area contributed by atoms with Gasteiger partial charge in [-0.05, 0) is 29.8 Å². The first-order chi connectivity index (χ1) is 9.74. The van der Waals surface area contributed by atoms with E-state index < -0.39 is 0 Å². The molecule has 0 saturated carbocycles. The van der Waals surface area contributed by atoms with Crippen LogP contribution in [0.1, 0.15) is 16.3 Å². The van der Waals surface area contributed by atoms with E-state index in [9.17, 15) is 0 Å². The first kappa shape index (κ1) is 13.3. The van der Waals surface area contributed by atoms with Crippen molar-refractivity contribution in [3.63, 3.8) is 0 Å². The molecular formula is C15H10BrClN2O. The van der Waals surface area contributed by atoms with Crippen LogP contribution in [-0.4, -0.2) is 10.1 Å². The lowest BCUT2D eigenvalue weighted by Crippen LogP contribution is -1.92. The maximum Gasteiger partial charge on any atom is 0.245 e. The van der Waals surface area contributed by atoms with E-state index in [1.165, 1.54) is 0 Å². The Balaban J connectivity index is 1.89. The van der Waals surface area contributed by atoms with E-state index in [4.69, 9.17) is 16.1 Å². The molecule has 0 saturated heterocycles. The number of hydrogen-bond acceptors (Lipinski definition) is 3. The van der Waals surface area contributed by atoms with Crippen LogP contribution in [-0.2, 0) is 0 Å². The fourth-order valence-corrected chi connectivity index (χ4v) is 2.44. The van der Waals surface area contributed by atoms with Crippen molar-refractivity contribution in [1.82, 2.24) is 10.1 Å². The van der Waals surface area contributed by atoms with Crippen LogP contribution in [0.2, 0.25) is 5.02 Å². The lowest BCUT2D eigenvalue weighted by Gasteiger charge is -2.03. The number of benzene rings is 2. The Labute approximate surface area is 129 Å². The molecule has 2 aromatic carbocycles. The molecule has 5 heteroatoms. The molecule has 0 aliphatic rings. The zero-order valence-electron chi connectivity index (χ0n) is 10.3. The van der Waals surface area contributed by atoms with Gasteiger partial charge in [0.2, 0.25) is 11.7 Å². The van der Waals surface area contributed by atoms with Crippen molar-refractivity contribution in [2.24, 2.45) is 0 Å². The summed E-state index contributed by atoms with van der Waals surface area (Å²) in [6.45, 7) is 0. The second-order valence-corrected chi connectivity index (χ2v) is 5.59. The molecule has 100 valence electrons. The molecule has 3 aromatic rings. The average molecular weight is 350 g/mol. The summed E-state index contributed by atoms with van der Waals surface area (Å²) in [5.74, 6) is 1.08. The van der Waals surface area contributed by atoms with Gasteiger partial charge in [-0.25, -0.2) is 0 Å². The van der Waals surface area contributed by atoms with Gasteiger partial charge in [-0.3, -0.25) is 0 Å². The SMILES string of the molecule is Clc1ccc(-c2noc([C@H](Br)c3ccccc3)n2)cc1. The van der Waals surface area contributed by atoms with Crippen molar-refractivity contribution < 1.29 is 4.52 Å². The topological polar surface area (TPSA) is 38.9 Å². The summed E-state index contributed by atoms with van der Waals surface area (Å²) in [5.41, 5.74) is 1.94. The Morgan fingerprint density at radius 3 is 2.40 bits per heavy atom. The second kappa shape index (κ2) is 5.77. The summed E-state index contributed by atoms with van der Waals surface area (Å²) < 4.78 is 5.32. The van der Waals surface area contributed by atoms with Crippen molar-refractivity contribution in [1.29, 1.82) is 0 Å². The summed E-state index contributed by atoms with van der Waals surface area (Å²) >= 11 is 9.44. The monoisotopic (exact) mass is 348 g/mol. The summed E-state index contributed by atoms with van der Waals surface area (Å²) in [5, 5.41) is 4.68. The van der Waals surface area contributed by atoms with Crippen molar-refractivity contribution in [3.8, 4) is 11.4 Å². The van der Waals surface area contributed by atoms with Crippen LogP contribution in [0.25, 0.3) is 11.4 Å². The first-order valence-corrected chi connectivity index (χ1v) is 7.32. The summed E-state index contributed by atoms with van der Waals surface area (Å²) in [6.07, 6.45) is 0. The normalized spacial score (nSPS) is 12.3. The summed E-state index contributed by atoms with van der Waals surface area (Å²) in [6, 6.07) is 17.3. The van der Waals surface area contributed by atoms with E-state index in [1.807, 2.05) is 42.5 Å². The van der Waals surface area contributed by atoms with Crippen LogP contribution in [0.3, 0.4) is 0 Å². The third kappa shape index (κ3) is 2.76. The van der Waals surface area contributed by atoms with Gasteiger partial charge in [0.25, 0.3) is 0 Å². The molecule has 0 bridgehead atoms. The van der Waals surface area contributed by atoms with Crippen molar-refractivity contribution in [3.05, 3.63) is 71.1 Å². The highest BCUT2D eigenvalue weighted by Gasteiger charge is 2.18. The van der Waals surface area contributed by atoms with Gasteiger partial charge >= 0.3 is 0 Å². The van der Waals surface area contributed by atoms with Crippen LogP contribution in [0.5, 0.6) is 0 Å². The largest absolute Gasteiger partial charge is 0.337 e. The zero-order chi connectivity index (χ0) is 13.9. The third-order valence-corrected chi connectivity index (χ3v) is 4.03. The van der Waals surface area contributed by atoms with E-state index in [0.29, 0.717) is 16.7 Å². The Bertz CT molecular complexity index is 697. The minimum atomic E-state index is -0.114. The number of alkyl halides is 1. The van der Waals surface area contributed by atoms with Gasteiger partial charge < -0.3 is 4.52 Å². The summed E-state index contributed by atoms with van der Waals surface area (Å²) in [7, 11) is 0. The molecule has 0 fully saturated rings. The number of nitrogens with zero attached hydrogens (tertiary/aromatic N) is 2. The van der Waals surface area contributed by atoms with Crippen molar-refractivity contribution in [2.75, 3.05) is 0 Å². The van der Waals surface area contributed by atoms with Gasteiger partial charge in [-0.15, -0.1) is 0 Å². The van der Waals surface area contributed by atoms with Gasteiger partial charge in [0.05, 0.1) is 0 Å². The maximum atomic E-state index is 5.86. The van der Waals surface area contributed by atoms with Gasteiger partial charge in [0.15, 0.2) is 0 Å². The molecule has 0 aliphatic carbocycles. The fraction of sp³-hybridized carbons (Fsp3) is 0.0667. The predicted molar refractivity (Wildman–Crippen MR) is 82.0 cm³/mol. The quantitative estimate of drug-likeness (QED) is 0.633. The molecule has 0 aliphatic heterocycles. The second-order valence-electron chi connectivity index (χ2n) is 4.24. The van der Waals surface area contributed by atoms with Crippen LogP contribution in [0.15, 0.2) is 59.1 Å². The number of rotatable bonds is 3. The zero-order valence-corrected chi connectivity index (χ0v) is 12.7. The average Bonchev–Trinajstić information content (AvgIpc) is 2.98. The highest BCUT2D eigenvalue weighted by Crippen LogP contribution is 2.30. The lowest BCUT2D eigenvalue weighted by molar-refractivity contribution is 0.385. The Morgan fingerprint density at radius 2 is 1.70 bits per heavy atom. The van der Waals surface area contributed by atoms with Gasteiger partial charge in [-0.2, -0.15) is 4.98 Å². The number of aromatic nitrogens is 2. The molecule has 0 spiro atoms. The minimum absolute atomic E-state index is 0.114. The van der Waals surface area contributed by atoms with E-state index in [1.54, 1.807) is 12.1 Å². The smallest absolute Gasteiger partial charge is 0.245 e. The van der Waals surface area contributed by atoms with Crippen LogP contribution >= 0.6 is 27.5 Å². The van der Waals surface area contributed by atoms with Crippen molar-refractivity contribution >= 4 is 27.5 Å². The predicted octanol–water partition coefficient (Wildman–Crippen LogP) is 4.87. The molecule has 1 heterocycles. The Kier molecular flexibility index (Phi) is 3.85. The minimum Gasteiger partial charge on any atom is -0.337 e. The van der Waals surface area contributed by atoms with E-state index in [2.05, 4.69) is 26.1 Å². The highest BCUT2D eigenvalue weighted by molar-refractivity contribution is 9.09. The van der Waals surface area contributed by atoms with Crippen LogP contribution < -0.4 is 0 Å². The van der Waals surface area contributed by atoms with Gasteiger partial charge in [0, 0.05) is 10.6 Å². The molecular weight excluding hydrogens is 340 g/mol. The maximum absolute atomic E-state index is 5.86. The van der Waals surface area contributed by atoms with Gasteiger partial charge in [-0.1, -0.05) is 63.0 Å². The Hall–Kier alpha value is -1.65.